The lowest BCUT2D eigenvalue weighted by Crippen LogP contribution is -2.38. The van der Waals surface area contributed by atoms with Crippen molar-refractivity contribution >= 4 is 0 Å². The van der Waals surface area contributed by atoms with Gasteiger partial charge in [-0.25, -0.2) is 0 Å². The third-order valence-electron chi connectivity index (χ3n) is 3.53. The largest absolute Gasteiger partial charge is 0.396 e. The summed E-state index contributed by atoms with van der Waals surface area (Å²) in [7, 11) is 1.66. The summed E-state index contributed by atoms with van der Waals surface area (Å²) in [6, 6.07) is 0. The molecule has 0 heterocycles. The van der Waals surface area contributed by atoms with Crippen molar-refractivity contribution in [1.29, 1.82) is 0 Å². The van der Waals surface area contributed by atoms with E-state index in [9.17, 15) is 5.11 Å². The maximum Gasteiger partial charge on any atom is 0.0861 e. The molecule has 2 N–H and O–H groups in total. The maximum atomic E-state index is 9.74. The van der Waals surface area contributed by atoms with Gasteiger partial charge in [0.15, 0.2) is 0 Å². The highest BCUT2D eigenvalue weighted by Crippen LogP contribution is 2.49. The first-order chi connectivity index (χ1) is 5.77. The van der Waals surface area contributed by atoms with E-state index in [2.05, 4.69) is 0 Å². The first-order valence-electron chi connectivity index (χ1n) is 4.59. The number of aliphatic hydroxyl groups excluding tert-OH is 2. The molecule has 5 unspecified atom stereocenters. The third kappa shape index (κ3) is 1.00. The van der Waals surface area contributed by atoms with Gasteiger partial charge in [0.25, 0.3) is 0 Å². The van der Waals surface area contributed by atoms with Crippen molar-refractivity contribution in [2.75, 3.05) is 13.7 Å². The molecule has 0 aromatic rings. The van der Waals surface area contributed by atoms with E-state index in [0.29, 0.717) is 11.8 Å². The van der Waals surface area contributed by atoms with E-state index < -0.39 is 0 Å². The zero-order chi connectivity index (χ0) is 8.72. The highest BCUT2D eigenvalue weighted by molar-refractivity contribution is 5.01. The topological polar surface area (TPSA) is 49.7 Å². The molecular formula is C9H16O3. The molecule has 0 amide bonds. The van der Waals surface area contributed by atoms with Gasteiger partial charge in [-0.05, 0) is 30.6 Å². The zero-order valence-electron chi connectivity index (χ0n) is 7.31. The third-order valence-corrected chi connectivity index (χ3v) is 3.53. The normalized spacial score (nSPS) is 51.8. The minimum Gasteiger partial charge on any atom is -0.396 e. The molecule has 2 fully saturated rings. The Balaban J connectivity index is 2.07. The second-order valence-electron chi connectivity index (χ2n) is 4.03. The lowest BCUT2D eigenvalue weighted by Gasteiger charge is -2.30. The number of fused-ring (bicyclic) bond motifs is 2. The Hall–Kier alpha value is -0.120. The van der Waals surface area contributed by atoms with Crippen LogP contribution in [-0.4, -0.2) is 36.1 Å². The van der Waals surface area contributed by atoms with Gasteiger partial charge < -0.3 is 14.9 Å². The van der Waals surface area contributed by atoms with E-state index in [0.717, 1.165) is 12.8 Å². The smallest absolute Gasteiger partial charge is 0.0861 e. The SMILES string of the molecule is COC1C2CC(CO)C(C2)C1O. The van der Waals surface area contributed by atoms with Crippen LogP contribution in [0.1, 0.15) is 12.8 Å². The molecule has 0 aliphatic heterocycles. The van der Waals surface area contributed by atoms with Crippen LogP contribution in [0.4, 0.5) is 0 Å². The molecule has 0 aromatic carbocycles. The molecule has 0 spiro atoms. The van der Waals surface area contributed by atoms with Crippen LogP contribution in [0.3, 0.4) is 0 Å². The van der Waals surface area contributed by atoms with E-state index in [1.54, 1.807) is 7.11 Å². The fraction of sp³-hybridized carbons (Fsp3) is 1.00. The summed E-state index contributed by atoms with van der Waals surface area (Å²) in [5.74, 6) is 1.08. The van der Waals surface area contributed by atoms with Crippen LogP contribution in [-0.2, 0) is 4.74 Å². The summed E-state index contributed by atoms with van der Waals surface area (Å²) < 4.78 is 5.22. The van der Waals surface area contributed by atoms with Gasteiger partial charge in [0, 0.05) is 13.7 Å². The van der Waals surface area contributed by atoms with Gasteiger partial charge in [0.1, 0.15) is 0 Å². The Morgan fingerprint density at radius 2 is 2.17 bits per heavy atom. The van der Waals surface area contributed by atoms with Crippen LogP contribution < -0.4 is 0 Å². The molecular weight excluding hydrogens is 156 g/mol. The van der Waals surface area contributed by atoms with E-state index >= 15 is 0 Å². The average molecular weight is 172 g/mol. The lowest BCUT2D eigenvalue weighted by atomic mass is 9.85. The standard InChI is InChI=1S/C9H16O3/c1-12-9-5-2-6(4-10)7(3-5)8(9)11/h5-11H,2-4H2,1H3. The Kier molecular flexibility index (Phi) is 2.10. The molecule has 2 aliphatic rings. The number of aliphatic hydroxyl groups is 2. The van der Waals surface area contributed by atoms with Crippen LogP contribution in [0.5, 0.6) is 0 Å². The fourth-order valence-corrected chi connectivity index (χ4v) is 2.95. The number of rotatable bonds is 2. The van der Waals surface area contributed by atoms with Crippen LogP contribution in [0.2, 0.25) is 0 Å². The molecule has 2 saturated carbocycles. The quantitative estimate of drug-likeness (QED) is 0.617. The van der Waals surface area contributed by atoms with Crippen molar-refractivity contribution in [3.05, 3.63) is 0 Å². The molecule has 12 heavy (non-hydrogen) atoms. The molecule has 2 bridgehead atoms. The zero-order valence-corrected chi connectivity index (χ0v) is 7.31. The van der Waals surface area contributed by atoms with Gasteiger partial charge in [0.05, 0.1) is 12.2 Å². The molecule has 0 aromatic heterocycles. The van der Waals surface area contributed by atoms with E-state index in [1.165, 1.54) is 0 Å². The summed E-state index contributed by atoms with van der Waals surface area (Å²) >= 11 is 0. The lowest BCUT2D eigenvalue weighted by molar-refractivity contribution is -0.0633. The summed E-state index contributed by atoms with van der Waals surface area (Å²) in [6.07, 6.45) is 1.74. The molecule has 5 atom stereocenters. The van der Waals surface area contributed by atoms with Gasteiger partial charge in [-0.2, -0.15) is 0 Å². The van der Waals surface area contributed by atoms with E-state index in [-0.39, 0.29) is 24.7 Å². The van der Waals surface area contributed by atoms with Crippen LogP contribution in [0.25, 0.3) is 0 Å². The average Bonchev–Trinajstić information content (AvgIpc) is 2.60. The van der Waals surface area contributed by atoms with Crippen molar-refractivity contribution in [3.8, 4) is 0 Å². The van der Waals surface area contributed by atoms with Crippen molar-refractivity contribution in [2.45, 2.75) is 25.0 Å². The van der Waals surface area contributed by atoms with Gasteiger partial charge in [-0.1, -0.05) is 0 Å². The summed E-state index contributed by atoms with van der Waals surface area (Å²) in [5, 5.41) is 18.8. The summed E-state index contributed by atoms with van der Waals surface area (Å²) in [4.78, 5) is 0. The molecule has 3 nitrogen and oxygen atoms in total. The van der Waals surface area contributed by atoms with Crippen LogP contribution >= 0.6 is 0 Å². The molecule has 0 saturated heterocycles. The monoisotopic (exact) mass is 172 g/mol. The van der Waals surface area contributed by atoms with Crippen molar-refractivity contribution < 1.29 is 14.9 Å². The second kappa shape index (κ2) is 2.98. The van der Waals surface area contributed by atoms with Crippen molar-refractivity contribution in [2.24, 2.45) is 17.8 Å². The van der Waals surface area contributed by atoms with Gasteiger partial charge in [-0.15, -0.1) is 0 Å². The predicted molar refractivity (Wildman–Crippen MR) is 43.6 cm³/mol. The highest BCUT2D eigenvalue weighted by atomic mass is 16.5. The van der Waals surface area contributed by atoms with Gasteiger partial charge in [-0.3, -0.25) is 0 Å². The minimum absolute atomic E-state index is 0.0257. The second-order valence-corrected chi connectivity index (χ2v) is 4.03. The first kappa shape index (κ1) is 8.48. The summed E-state index contributed by atoms with van der Waals surface area (Å²) in [5.41, 5.74) is 0. The predicted octanol–water partition coefficient (Wildman–Crippen LogP) is 0.0106. The molecule has 2 aliphatic carbocycles. The van der Waals surface area contributed by atoms with Crippen LogP contribution in [0, 0.1) is 17.8 Å². The Bertz CT molecular complexity index is 167. The highest BCUT2D eigenvalue weighted by Gasteiger charge is 2.51. The van der Waals surface area contributed by atoms with E-state index in [4.69, 9.17) is 9.84 Å². The number of ether oxygens (including phenoxy) is 1. The first-order valence-corrected chi connectivity index (χ1v) is 4.59. The maximum absolute atomic E-state index is 9.74. The van der Waals surface area contributed by atoms with Crippen molar-refractivity contribution in [1.82, 2.24) is 0 Å². The molecule has 0 radical (unpaired) electrons. The number of methoxy groups -OCH3 is 1. The number of hydrogen-bond donors (Lipinski definition) is 2. The molecule has 3 heteroatoms. The fourth-order valence-electron chi connectivity index (χ4n) is 2.95. The minimum atomic E-state index is -0.342. The van der Waals surface area contributed by atoms with Gasteiger partial charge >= 0.3 is 0 Å². The van der Waals surface area contributed by atoms with Crippen LogP contribution in [0.15, 0.2) is 0 Å². The Labute approximate surface area is 72.3 Å². The Morgan fingerprint density at radius 1 is 1.42 bits per heavy atom. The van der Waals surface area contributed by atoms with E-state index in [1.807, 2.05) is 0 Å². The molecule has 70 valence electrons. The number of hydrogen-bond acceptors (Lipinski definition) is 3. The Morgan fingerprint density at radius 3 is 2.67 bits per heavy atom. The molecule has 2 rings (SSSR count). The summed E-state index contributed by atoms with van der Waals surface area (Å²) in [6.45, 7) is 0.217. The van der Waals surface area contributed by atoms with Gasteiger partial charge in [0.2, 0.25) is 0 Å². The van der Waals surface area contributed by atoms with Crippen molar-refractivity contribution in [3.63, 3.8) is 0 Å².